The molecule has 2 aromatic heterocycles. The highest BCUT2D eigenvalue weighted by Gasteiger charge is 2.09. The Labute approximate surface area is 152 Å². The largest absolute Gasteiger partial charge is 0.425 e. The Kier molecular flexibility index (Phi) is 6.53. The number of amides is 1. The number of aryl methyl sites for hydroxylation is 3. The molecule has 26 heavy (non-hydrogen) atoms. The van der Waals surface area contributed by atoms with Gasteiger partial charge in [-0.3, -0.25) is 4.79 Å². The molecule has 7 heteroatoms. The molecule has 0 aliphatic heterocycles. The predicted molar refractivity (Wildman–Crippen MR) is 96.1 cm³/mol. The van der Waals surface area contributed by atoms with E-state index in [0.717, 1.165) is 31.5 Å². The van der Waals surface area contributed by atoms with Gasteiger partial charge in [-0.2, -0.15) is 0 Å². The van der Waals surface area contributed by atoms with Gasteiger partial charge in [-0.25, -0.2) is 4.98 Å². The summed E-state index contributed by atoms with van der Waals surface area (Å²) in [7, 11) is 0. The van der Waals surface area contributed by atoms with Crippen LogP contribution in [0.5, 0.6) is 0 Å². The number of hydrogen-bond donors (Lipinski definition) is 2. The third kappa shape index (κ3) is 5.84. The Bertz CT molecular complexity index is 783. The first-order valence-corrected chi connectivity index (χ1v) is 8.90. The van der Waals surface area contributed by atoms with Crippen molar-refractivity contribution in [2.45, 2.75) is 45.1 Å². The predicted octanol–water partition coefficient (Wildman–Crippen LogP) is 2.61. The molecule has 0 bridgehead atoms. The van der Waals surface area contributed by atoms with Crippen LogP contribution in [0.25, 0.3) is 0 Å². The number of H-pyrrole nitrogens is 1. The summed E-state index contributed by atoms with van der Waals surface area (Å²) in [5.41, 5.74) is 1.35. The number of hydrogen-bond acceptors (Lipinski definition) is 5. The van der Waals surface area contributed by atoms with Crippen molar-refractivity contribution in [3.63, 3.8) is 0 Å². The van der Waals surface area contributed by atoms with Crippen LogP contribution in [0.3, 0.4) is 0 Å². The van der Waals surface area contributed by atoms with Gasteiger partial charge in [0.25, 0.3) is 0 Å². The van der Waals surface area contributed by atoms with Gasteiger partial charge in [-0.15, -0.1) is 10.2 Å². The molecule has 136 valence electrons. The molecule has 0 unspecified atom stereocenters. The zero-order valence-corrected chi connectivity index (χ0v) is 14.6. The van der Waals surface area contributed by atoms with Crippen LogP contribution in [0.15, 0.2) is 47.1 Å². The van der Waals surface area contributed by atoms with Crippen molar-refractivity contribution >= 4 is 5.91 Å². The number of rotatable bonds is 10. The van der Waals surface area contributed by atoms with Gasteiger partial charge in [-0.1, -0.05) is 30.3 Å². The summed E-state index contributed by atoms with van der Waals surface area (Å²) in [5, 5.41) is 10.9. The van der Waals surface area contributed by atoms with Crippen LogP contribution < -0.4 is 5.32 Å². The number of carbonyl (C=O) groups is 1. The van der Waals surface area contributed by atoms with Gasteiger partial charge in [0.05, 0.1) is 6.54 Å². The molecular weight excluding hydrogens is 330 g/mol. The second kappa shape index (κ2) is 9.50. The molecule has 0 aliphatic rings. The number of benzene rings is 1. The molecule has 3 rings (SSSR count). The first-order valence-electron chi connectivity index (χ1n) is 8.90. The highest BCUT2D eigenvalue weighted by Crippen LogP contribution is 2.09. The fourth-order valence-electron chi connectivity index (χ4n) is 2.63. The van der Waals surface area contributed by atoms with E-state index < -0.39 is 0 Å². The van der Waals surface area contributed by atoms with E-state index in [9.17, 15) is 4.79 Å². The summed E-state index contributed by atoms with van der Waals surface area (Å²) in [6.45, 7) is 0.391. The minimum atomic E-state index is -0.0657. The first-order chi connectivity index (χ1) is 12.8. The third-order valence-electron chi connectivity index (χ3n) is 4.03. The summed E-state index contributed by atoms with van der Waals surface area (Å²) in [5.74, 6) is 1.82. The SMILES string of the molecule is O=C(CCc1nnc(CCCCc2ccccc2)o1)NCc1ncc[nH]1. The summed E-state index contributed by atoms with van der Waals surface area (Å²) >= 11 is 0. The van der Waals surface area contributed by atoms with E-state index in [0.29, 0.717) is 31.2 Å². The second-order valence-electron chi connectivity index (χ2n) is 6.09. The fourth-order valence-corrected chi connectivity index (χ4v) is 2.63. The average molecular weight is 353 g/mol. The van der Waals surface area contributed by atoms with E-state index in [1.807, 2.05) is 6.07 Å². The van der Waals surface area contributed by atoms with E-state index in [4.69, 9.17) is 4.42 Å². The van der Waals surface area contributed by atoms with Crippen LogP contribution in [-0.4, -0.2) is 26.1 Å². The number of nitrogens with one attached hydrogen (secondary N) is 2. The van der Waals surface area contributed by atoms with Crippen molar-refractivity contribution in [2.75, 3.05) is 0 Å². The lowest BCUT2D eigenvalue weighted by molar-refractivity contribution is -0.121. The van der Waals surface area contributed by atoms with Gasteiger partial charge in [-0.05, 0) is 24.8 Å². The van der Waals surface area contributed by atoms with E-state index in [-0.39, 0.29) is 5.91 Å². The number of unbranched alkanes of at least 4 members (excludes halogenated alkanes) is 1. The molecule has 0 radical (unpaired) electrons. The maximum absolute atomic E-state index is 11.8. The van der Waals surface area contributed by atoms with Crippen LogP contribution in [0.1, 0.15) is 42.4 Å². The van der Waals surface area contributed by atoms with Gasteiger partial charge in [0.15, 0.2) is 0 Å². The van der Waals surface area contributed by atoms with E-state index >= 15 is 0 Å². The van der Waals surface area contributed by atoms with E-state index in [1.54, 1.807) is 12.4 Å². The van der Waals surface area contributed by atoms with Crippen molar-refractivity contribution < 1.29 is 9.21 Å². The third-order valence-corrected chi connectivity index (χ3v) is 4.03. The van der Waals surface area contributed by atoms with Crippen molar-refractivity contribution in [1.29, 1.82) is 0 Å². The highest BCUT2D eigenvalue weighted by molar-refractivity contribution is 5.75. The molecular formula is C19H23N5O2. The second-order valence-corrected chi connectivity index (χ2v) is 6.09. The van der Waals surface area contributed by atoms with Crippen molar-refractivity contribution in [3.05, 3.63) is 65.9 Å². The molecule has 0 atom stereocenters. The molecule has 0 saturated carbocycles. The minimum Gasteiger partial charge on any atom is -0.425 e. The Morgan fingerprint density at radius 2 is 1.81 bits per heavy atom. The normalized spacial score (nSPS) is 10.8. The summed E-state index contributed by atoms with van der Waals surface area (Å²) in [6, 6.07) is 10.4. The lowest BCUT2D eigenvalue weighted by Crippen LogP contribution is -2.23. The highest BCUT2D eigenvalue weighted by atomic mass is 16.4. The Hall–Kier alpha value is -2.96. The van der Waals surface area contributed by atoms with Crippen LogP contribution in [0.2, 0.25) is 0 Å². The van der Waals surface area contributed by atoms with Gasteiger partial charge in [0, 0.05) is 31.7 Å². The molecule has 7 nitrogen and oxygen atoms in total. The standard InChI is InChI=1S/C19H23N5O2/c25-17(22-14-16-20-12-13-21-16)10-11-19-24-23-18(26-19)9-5-4-8-15-6-2-1-3-7-15/h1-3,6-7,12-13H,4-5,8-11,14H2,(H,20,21)(H,22,25). The molecule has 0 saturated heterocycles. The fraction of sp³-hybridized carbons (Fsp3) is 0.368. The smallest absolute Gasteiger partial charge is 0.220 e. The molecule has 3 aromatic rings. The van der Waals surface area contributed by atoms with Crippen LogP contribution in [0, 0.1) is 0 Å². The number of aromatic amines is 1. The van der Waals surface area contributed by atoms with E-state index in [1.165, 1.54) is 5.56 Å². The Morgan fingerprint density at radius 1 is 1.04 bits per heavy atom. The maximum Gasteiger partial charge on any atom is 0.220 e. The molecule has 1 aromatic carbocycles. The van der Waals surface area contributed by atoms with Crippen LogP contribution in [-0.2, 0) is 30.6 Å². The quantitative estimate of drug-likeness (QED) is 0.546. The Morgan fingerprint density at radius 3 is 2.58 bits per heavy atom. The number of nitrogens with zero attached hydrogens (tertiary/aromatic N) is 3. The molecule has 0 spiro atoms. The Balaban J connectivity index is 1.32. The zero-order valence-electron chi connectivity index (χ0n) is 14.6. The van der Waals surface area contributed by atoms with Crippen molar-refractivity contribution in [3.8, 4) is 0 Å². The van der Waals surface area contributed by atoms with Crippen molar-refractivity contribution in [2.24, 2.45) is 0 Å². The lowest BCUT2D eigenvalue weighted by Gasteiger charge is -2.01. The van der Waals surface area contributed by atoms with Crippen molar-refractivity contribution in [1.82, 2.24) is 25.5 Å². The minimum absolute atomic E-state index is 0.0657. The number of aromatic nitrogens is 4. The topological polar surface area (TPSA) is 96.7 Å². The molecule has 2 N–H and O–H groups in total. The molecule has 0 aliphatic carbocycles. The monoisotopic (exact) mass is 353 g/mol. The number of carbonyl (C=O) groups excluding carboxylic acids is 1. The molecule has 0 fully saturated rings. The lowest BCUT2D eigenvalue weighted by atomic mass is 10.1. The summed E-state index contributed by atoms with van der Waals surface area (Å²) in [4.78, 5) is 18.8. The van der Waals surface area contributed by atoms with E-state index in [2.05, 4.69) is 49.7 Å². The zero-order chi connectivity index (χ0) is 18.0. The van der Waals surface area contributed by atoms with Gasteiger partial charge in [0.1, 0.15) is 5.82 Å². The summed E-state index contributed by atoms with van der Waals surface area (Å²) in [6.07, 6.45) is 8.04. The van der Waals surface area contributed by atoms with Gasteiger partial charge < -0.3 is 14.7 Å². The number of imidazole rings is 1. The van der Waals surface area contributed by atoms with Crippen LogP contribution >= 0.6 is 0 Å². The molecule has 1 amide bonds. The molecule has 2 heterocycles. The van der Waals surface area contributed by atoms with Gasteiger partial charge >= 0.3 is 0 Å². The average Bonchev–Trinajstić information content (AvgIpc) is 3.34. The summed E-state index contributed by atoms with van der Waals surface area (Å²) < 4.78 is 5.62. The van der Waals surface area contributed by atoms with Crippen LogP contribution in [0.4, 0.5) is 0 Å². The van der Waals surface area contributed by atoms with Gasteiger partial charge in [0.2, 0.25) is 17.7 Å². The maximum atomic E-state index is 11.8. The first kappa shape index (κ1) is 17.8.